The van der Waals surface area contributed by atoms with Crippen LogP contribution in [0.15, 0.2) is 36.9 Å². The van der Waals surface area contributed by atoms with Gasteiger partial charge in [-0.25, -0.2) is 18.0 Å². The number of ether oxygens (including phenoxy) is 2. The normalized spacial score (nSPS) is 28.5. The molecule has 2 aliphatic carbocycles. The molecular formula is C40H54N6O10S2. The summed E-state index contributed by atoms with van der Waals surface area (Å²) in [4.78, 5) is 86.2. The number of rotatable bonds is 7. The van der Waals surface area contributed by atoms with Crippen molar-refractivity contribution in [2.45, 2.75) is 121 Å². The number of amides is 6. The van der Waals surface area contributed by atoms with Gasteiger partial charge in [-0.05, 0) is 62.1 Å². The summed E-state index contributed by atoms with van der Waals surface area (Å²) >= 11 is 1.38. The van der Waals surface area contributed by atoms with Gasteiger partial charge in [0.05, 0.1) is 18.3 Å². The standard InChI is InChI=1S/C40H54N6O10S2/c1-8-25-18-40(25,35(50)44-58(53,54)27-14-15-27)43-33(48)30-17-26-20-46(30)34(49)31(38(2,3)4)42-32(47)29(41-36(51)56-39(5,6)7)22-57-16-10-13-23-11-9-12-24-19-45(21-28(23)24)37(52)55-26/h8-13,25-27,29-31H,1,14-22H2,2-7H3,(H,41,51)(H,42,47)(H,43,48)(H,44,50)/b13-10+/t25-,26-,29+,30+,31-,40-/m1/s1. The van der Waals surface area contributed by atoms with E-state index >= 15 is 0 Å². The van der Waals surface area contributed by atoms with Crippen LogP contribution < -0.4 is 20.7 Å². The van der Waals surface area contributed by atoms with E-state index < -0.39 is 97.8 Å². The number of hydrogen-bond donors (Lipinski definition) is 4. The van der Waals surface area contributed by atoms with E-state index in [1.165, 1.54) is 22.7 Å². The number of benzene rings is 1. The van der Waals surface area contributed by atoms with Crippen LogP contribution in [0.5, 0.6) is 0 Å². The summed E-state index contributed by atoms with van der Waals surface area (Å²) in [6.45, 7) is 14.4. The molecule has 5 aliphatic rings. The lowest BCUT2D eigenvalue weighted by Gasteiger charge is -2.36. The molecule has 1 saturated heterocycles. The number of carbonyl (C=O) groups excluding carboxylic acids is 6. The van der Waals surface area contributed by atoms with Crippen molar-refractivity contribution in [2.24, 2.45) is 11.3 Å². The molecular weight excluding hydrogens is 789 g/mol. The molecule has 0 radical (unpaired) electrons. The zero-order valence-electron chi connectivity index (χ0n) is 33.8. The van der Waals surface area contributed by atoms with Gasteiger partial charge in [-0.15, -0.1) is 6.58 Å². The van der Waals surface area contributed by atoms with E-state index in [1.807, 2.05) is 30.4 Å². The molecule has 1 aromatic carbocycles. The summed E-state index contributed by atoms with van der Waals surface area (Å²) in [5.74, 6) is -2.95. The first-order valence-electron chi connectivity index (χ1n) is 19.5. The lowest BCUT2D eigenvalue weighted by atomic mass is 9.85. The summed E-state index contributed by atoms with van der Waals surface area (Å²) in [5, 5.41) is 7.55. The Labute approximate surface area is 343 Å². The predicted octanol–water partition coefficient (Wildman–Crippen LogP) is 2.96. The number of sulfonamides is 1. The van der Waals surface area contributed by atoms with E-state index in [4.69, 9.17) is 9.47 Å². The van der Waals surface area contributed by atoms with Gasteiger partial charge in [0.2, 0.25) is 27.7 Å². The van der Waals surface area contributed by atoms with Gasteiger partial charge in [0.25, 0.3) is 5.91 Å². The number of thioether (sulfide) groups is 1. The molecule has 0 spiro atoms. The van der Waals surface area contributed by atoms with Crippen molar-refractivity contribution in [1.82, 2.24) is 30.5 Å². The van der Waals surface area contributed by atoms with Gasteiger partial charge >= 0.3 is 12.2 Å². The van der Waals surface area contributed by atoms with Crippen LogP contribution in [-0.2, 0) is 51.8 Å². The number of carbonyl (C=O) groups is 6. The van der Waals surface area contributed by atoms with Gasteiger partial charge in [0.1, 0.15) is 35.4 Å². The van der Waals surface area contributed by atoms with E-state index in [0.717, 1.165) is 16.7 Å². The largest absolute Gasteiger partial charge is 0.444 e. The maximum absolute atomic E-state index is 14.8. The first-order chi connectivity index (χ1) is 27.1. The number of hydrogen-bond acceptors (Lipinski definition) is 11. The van der Waals surface area contributed by atoms with Crippen LogP contribution in [0.3, 0.4) is 0 Å². The molecule has 4 bridgehead atoms. The minimum absolute atomic E-state index is 0.0881. The minimum Gasteiger partial charge on any atom is -0.444 e. The van der Waals surface area contributed by atoms with Crippen LogP contribution in [0.4, 0.5) is 9.59 Å². The van der Waals surface area contributed by atoms with Gasteiger partial charge in [0.15, 0.2) is 0 Å². The monoisotopic (exact) mass is 842 g/mol. The lowest BCUT2D eigenvalue weighted by molar-refractivity contribution is -0.144. The zero-order chi connectivity index (χ0) is 42.4. The molecule has 18 heteroatoms. The number of nitrogens with zero attached hydrogens (tertiary/aromatic N) is 2. The fourth-order valence-electron chi connectivity index (χ4n) is 7.46. The summed E-state index contributed by atoms with van der Waals surface area (Å²) in [7, 11) is -3.95. The Kier molecular flexibility index (Phi) is 12.0. The van der Waals surface area contributed by atoms with E-state index in [-0.39, 0.29) is 31.7 Å². The molecule has 16 nitrogen and oxygen atoms in total. The molecule has 3 aliphatic heterocycles. The molecule has 0 aromatic heterocycles. The van der Waals surface area contributed by atoms with E-state index in [1.54, 1.807) is 46.4 Å². The fraction of sp³-hybridized carbons (Fsp3) is 0.600. The van der Waals surface area contributed by atoms with Crippen LogP contribution >= 0.6 is 11.8 Å². The Balaban J connectivity index is 1.32. The average molecular weight is 843 g/mol. The fourth-order valence-corrected chi connectivity index (χ4v) is 9.67. The molecule has 2 saturated carbocycles. The summed E-state index contributed by atoms with van der Waals surface area (Å²) in [5.41, 5.74) is -0.600. The Bertz CT molecular complexity index is 2010. The highest BCUT2D eigenvalue weighted by atomic mass is 32.2. The van der Waals surface area contributed by atoms with Gasteiger partial charge in [0, 0.05) is 30.4 Å². The Hall–Kier alpha value is -4.58. The van der Waals surface area contributed by atoms with Gasteiger partial charge in [-0.1, -0.05) is 57.2 Å². The molecule has 3 heterocycles. The van der Waals surface area contributed by atoms with Crippen molar-refractivity contribution >= 4 is 63.7 Å². The number of nitrogens with one attached hydrogen (secondary N) is 4. The van der Waals surface area contributed by atoms with E-state index in [0.29, 0.717) is 25.1 Å². The van der Waals surface area contributed by atoms with Gasteiger partial charge in [-0.2, -0.15) is 11.8 Å². The van der Waals surface area contributed by atoms with E-state index in [9.17, 15) is 37.2 Å². The molecule has 3 fully saturated rings. The maximum Gasteiger partial charge on any atom is 0.410 e. The van der Waals surface area contributed by atoms with Crippen molar-refractivity contribution in [1.29, 1.82) is 0 Å². The molecule has 4 N–H and O–H groups in total. The molecule has 6 atom stereocenters. The topological polar surface area (TPSA) is 210 Å². The highest BCUT2D eigenvalue weighted by molar-refractivity contribution is 7.99. The second-order valence-electron chi connectivity index (χ2n) is 17.7. The highest BCUT2D eigenvalue weighted by Gasteiger charge is 2.62. The third kappa shape index (κ3) is 9.64. The Morgan fingerprint density at radius 3 is 2.45 bits per heavy atom. The van der Waals surface area contributed by atoms with Crippen molar-refractivity contribution in [2.75, 3.05) is 18.1 Å². The van der Waals surface area contributed by atoms with Gasteiger partial charge in [-0.3, -0.25) is 28.8 Å². The second-order valence-corrected chi connectivity index (χ2v) is 20.8. The van der Waals surface area contributed by atoms with Crippen LogP contribution in [0.2, 0.25) is 0 Å². The van der Waals surface area contributed by atoms with Gasteiger partial charge < -0.3 is 30.3 Å². The third-order valence-corrected chi connectivity index (χ3v) is 13.7. The first-order valence-corrected chi connectivity index (χ1v) is 22.2. The molecule has 58 heavy (non-hydrogen) atoms. The third-order valence-electron chi connectivity index (χ3n) is 10.8. The van der Waals surface area contributed by atoms with Crippen molar-refractivity contribution in [3.05, 3.63) is 53.6 Å². The van der Waals surface area contributed by atoms with Crippen molar-refractivity contribution in [3.63, 3.8) is 0 Å². The zero-order valence-corrected chi connectivity index (χ0v) is 35.4. The van der Waals surface area contributed by atoms with Crippen molar-refractivity contribution < 1.29 is 46.7 Å². The smallest absolute Gasteiger partial charge is 0.410 e. The molecule has 6 rings (SSSR count). The first kappa shape index (κ1) is 43.0. The van der Waals surface area contributed by atoms with Crippen LogP contribution in [0, 0.1) is 11.3 Å². The summed E-state index contributed by atoms with van der Waals surface area (Å²) in [6, 6.07) is 2.13. The highest BCUT2D eigenvalue weighted by Crippen LogP contribution is 2.45. The van der Waals surface area contributed by atoms with E-state index in [2.05, 4.69) is 27.3 Å². The quantitative estimate of drug-likeness (QED) is 0.294. The summed E-state index contributed by atoms with van der Waals surface area (Å²) < 4.78 is 39.1. The molecule has 316 valence electrons. The lowest BCUT2D eigenvalue weighted by Crippen LogP contribution is -2.62. The predicted molar refractivity (Wildman–Crippen MR) is 216 cm³/mol. The minimum atomic E-state index is -3.95. The molecule has 1 aromatic rings. The molecule has 0 unspecified atom stereocenters. The SMILES string of the molecule is C=C[C@@H]1C[C@]1(NC(=O)[C@@H]1C[C@@H]2CN1C(=O)[C@H](C(C)(C)C)NC(=O)[C@@H](NC(=O)OC(C)(C)C)CSC/C=C/c1cccc3c1CN(C3)C(=O)O2)C(=O)NS(=O)(=O)C1CC1. The molecule has 6 amide bonds. The summed E-state index contributed by atoms with van der Waals surface area (Å²) in [6.07, 6.45) is 3.75. The Morgan fingerprint density at radius 1 is 1.09 bits per heavy atom. The number of alkyl carbamates (subject to hydrolysis) is 1. The average Bonchev–Trinajstić information content (AvgIpc) is 4.01. The Morgan fingerprint density at radius 2 is 1.81 bits per heavy atom. The van der Waals surface area contributed by atoms with Crippen LogP contribution in [0.25, 0.3) is 6.08 Å². The van der Waals surface area contributed by atoms with Crippen LogP contribution in [0.1, 0.15) is 83.9 Å². The number of fused-ring (bicyclic) bond motifs is 3. The second kappa shape index (κ2) is 16.2. The van der Waals surface area contributed by atoms with Crippen molar-refractivity contribution in [3.8, 4) is 0 Å². The van der Waals surface area contributed by atoms with Crippen LogP contribution in [-0.4, -0.2) is 113 Å². The maximum atomic E-state index is 14.8.